The van der Waals surface area contributed by atoms with E-state index in [4.69, 9.17) is 18.3 Å². The van der Waals surface area contributed by atoms with Crippen LogP contribution >= 0.6 is 21.6 Å². The number of anilines is 1. The van der Waals surface area contributed by atoms with Crippen LogP contribution < -0.4 is 11.0 Å². The molecule has 1 aliphatic heterocycles. The van der Waals surface area contributed by atoms with Gasteiger partial charge in [-0.15, -0.1) is 0 Å². The van der Waals surface area contributed by atoms with Crippen molar-refractivity contribution in [3.8, 4) is 0 Å². The van der Waals surface area contributed by atoms with Gasteiger partial charge in [-0.3, -0.25) is 9.36 Å². The highest BCUT2D eigenvalue weighted by atomic mass is 33.1. The van der Waals surface area contributed by atoms with Crippen molar-refractivity contribution in [3.05, 3.63) is 58.6 Å². The van der Waals surface area contributed by atoms with E-state index in [1.165, 1.54) is 4.57 Å². The fourth-order valence-corrected chi connectivity index (χ4v) is 7.09. The van der Waals surface area contributed by atoms with Gasteiger partial charge < -0.3 is 23.6 Å². The van der Waals surface area contributed by atoms with Crippen molar-refractivity contribution < 1.29 is 23.1 Å². The van der Waals surface area contributed by atoms with Crippen molar-refractivity contribution in [3.63, 3.8) is 0 Å². The number of rotatable bonds is 12. The Morgan fingerprint density at radius 3 is 2.19 bits per heavy atom. The highest BCUT2D eigenvalue weighted by molar-refractivity contribution is 8.76. The summed E-state index contributed by atoms with van der Waals surface area (Å²) in [6.07, 6.45) is 1.33. The number of benzene rings is 1. The maximum Gasteiger partial charge on any atom is 0.351 e. The first-order chi connectivity index (χ1) is 19.9. The fourth-order valence-electron chi connectivity index (χ4n) is 4.03. The van der Waals surface area contributed by atoms with Crippen LogP contribution in [0.1, 0.15) is 58.1 Å². The average molecular weight is 668 g/mol. The zero-order chi connectivity index (χ0) is 32.2. The number of amides is 1. The van der Waals surface area contributed by atoms with Crippen LogP contribution in [0.2, 0.25) is 36.3 Å². The van der Waals surface area contributed by atoms with Crippen LogP contribution in [-0.2, 0) is 18.3 Å². The summed E-state index contributed by atoms with van der Waals surface area (Å²) >= 11 is 0. The molecule has 13 heteroatoms. The zero-order valence-electron chi connectivity index (χ0n) is 27.4. The summed E-state index contributed by atoms with van der Waals surface area (Å²) in [4.78, 5) is 30.3. The molecule has 1 N–H and O–H groups in total. The highest BCUT2D eigenvalue weighted by Gasteiger charge is 2.52. The van der Waals surface area contributed by atoms with Gasteiger partial charge in [-0.2, -0.15) is 4.98 Å². The van der Waals surface area contributed by atoms with Crippen LogP contribution in [0.5, 0.6) is 0 Å². The molecular weight excluding hydrogens is 619 g/mol. The molecule has 1 aromatic carbocycles. The van der Waals surface area contributed by atoms with Gasteiger partial charge in [0.1, 0.15) is 30.1 Å². The monoisotopic (exact) mass is 667 g/mol. The maximum absolute atomic E-state index is 13.5. The lowest BCUT2D eigenvalue weighted by Gasteiger charge is -2.41. The molecule has 2 aromatic rings. The molecule has 240 valence electrons. The number of hydrogen-bond acceptors (Lipinski definition) is 9. The van der Waals surface area contributed by atoms with Gasteiger partial charge in [0.2, 0.25) is 0 Å². The topological polar surface area (TPSA) is 101 Å². The molecule has 1 amide bonds. The Morgan fingerprint density at radius 1 is 1.00 bits per heavy atom. The normalized spacial score (nSPS) is 21.7. The van der Waals surface area contributed by atoms with E-state index in [0.29, 0.717) is 18.1 Å². The van der Waals surface area contributed by atoms with Crippen molar-refractivity contribution in [2.45, 2.75) is 102 Å². The Hall–Kier alpha value is -1.46. The van der Waals surface area contributed by atoms with E-state index in [0.717, 1.165) is 0 Å². The second kappa shape index (κ2) is 14.3. The minimum absolute atomic E-state index is 0.0218. The predicted octanol–water partition coefficient (Wildman–Crippen LogP) is 7.16. The van der Waals surface area contributed by atoms with E-state index in [9.17, 15) is 9.59 Å². The first-order valence-corrected chi connectivity index (χ1v) is 23.1. The lowest BCUT2D eigenvalue weighted by molar-refractivity contribution is -0.0547. The van der Waals surface area contributed by atoms with E-state index >= 15 is 0 Å². The first kappa shape index (κ1) is 36.0. The standard InChI is InChI=1S/C30H49N3O6S2Si2/c1-29(2,3)42(8,9)37-19-22-24(36-20-41-40-7)25(39-43(10,11)30(4,5)6)27(38-22)33-18-17-23(32-28(33)35)31-26(34)21-15-13-12-14-16-21/h12-18,22,24-25,27H,19-20H2,1-11H3,(H,31,32,34,35)/t22-,24-,25-,27-/m1/s1. The summed E-state index contributed by atoms with van der Waals surface area (Å²) in [5.74, 6) is 0.258. The number of aromatic nitrogens is 2. The molecule has 4 atom stereocenters. The third kappa shape index (κ3) is 9.06. The van der Waals surface area contributed by atoms with Crippen molar-refractivity contribution in [1.82, 2.24) is 9.55 Å². The summed E-state index contributed by atoms with van der Waals surface area (Å²) in [6.45, 7) is 22.2. The Labute approximate surface area is 266 Å². The van der Waals surface area contributed by atoms with E-state index < -0.39 is 46.9 Å². The van der Waals surface area contributed by atoms with E-state index in [-0.39, 0.29) is 21.8 Å². The summed E-state index contributed by atoms with van der Waals surface area (Å²) in [6, 6.07) is 10.4. The van der Waals surface area contributed by atoms with Crippen LogP contribution in [0.4, 0.5) is 5.82 Å². The minimum atomic E-state index is -2.34. The number of carbonyl (C=O) groups is 1. The van der Waals surface area contributed by atoms with Crippen molar-refractivity contribution in [2.24, 2.45) is 0 Å². The van der Waals surface area contributed by atoms with Gasteiger partial charge in [0.15, 0.2) is 22.9 Å². The van der Waals surface area contributed by atoms with Crippen LogP contribution in [0.15, 0.2) is 47.4 Å². The van der Waals surface area contributed by atoms with Crippen molar-refractivity contribution in [2.75, 3.05) is 24.1 Å². The van der Waals surface area contributed by atoms with Gasteiger partial charge in [-0.1, -0.05) is 81.3 Å². The SMILES string of the molecule is CSSCO[C@H]1[C@@H](O[Si](C)(C)C(C)(C)C)[C@H](n2ccc(NC(=O)c3ccccc3)nc2=O)O[C@@H]1CO[Si](C)(C)C(C)(C)C. The van der Waals surface area contributed by atoms with Crippen molar-refractivity contribution in [1.29, 1.82) is 0 Å². The molecule has 1 aromatic heterocycles. The lowest BCUT2D eigenvalue weighted by atomic mass is 10.1. The molecule has 0 saturated carbocycles. The molecule has 43 heavy (non-hydrogen) atoms. The zero-order valence-corrected chi connectivity index (χ0v) is 31.1. The van der Waals surface area contributed by atoms with Gasteiger partial charge in [0, 0.05) is 11.8 Å². The third-order valence-electron chi connectivity index (χ3n) is 8.75. The molecule has 0 spiro atoms. The van der Waals surface area contributed by atoms with Gasteiger partial charge in [-0.05, 0) is 60.7 Å². The van der Waals surface area contributed by atoms with Crippen LogP contribution in [0.3, 0.4) is 0 Å². The molecule has 3 rings (SSSR count). The fraction of sp³-hybridized carbons (Fsp3) is 0.633. The first-order valence-electron chi connectivity index (χ1n) is 14.6. The molecule has 0 unspecified atom stereocenters. The van der Waals surface area contributed by atoms with Gasteiger partial charge >= 0.3 is 5.69 Å². The van der Waals surface area contributed by atoms with Crippen LogP contribution in [-0.4, -0.2) is 69.2 Å². The molecule has 0 aliphatic carbocycles. The number of nitrogens with zero attached hydrogens (tertiary/aromatic N) is 2. The molecular formula is C30H49N3O6S2Si2. The second-order valence-corrected chi connectivity index (χ2v) is 25.9. The lowest BCUT2D eigenvalue weighted by Crippen LogP contribution is -2.50. The Bertz CT molecular complexity index is 1280. The van der Waals surface area contributed by atoms with Gasteiger partial charge in [0.05, 0.1) is 6.61 Å². The Morgan fingerprint density at radius 2 is 1.63 bits per heavy atom. The minimum Gasteiger partial charge on any atom is -0.414 e. The Balaban J connectivity index is 1.98. The molecule has 1 fully saturated rings. The smallest absolute Gasteiger partial charge is 0.351 e. The summed E-state index contributed by atoms with van der Waals surface area (Å²) < 4.78 is 28.1. The molecule has 1 saturated heterocycles. The third-order valence-corrected chi connectivity index (χ3v) is 19.2. The maximum atomic E-state index is 13.5. The van der Waals surface area contributed by atoms with Crippen LogP contribution in [0, 0.1) is 0 Å². The van der Waals surface area contributed by atoms with Gasteiger partial charge in [-0.25, -0.2) is 4.79 Å². The number of carbonyl (C=O) groups excluding carboxylic acids is 1. The number of nitrogens with one attached hydrogen (secondary N) is 1. The summed E-state index contributed by atoms with van der Waals surface area (Å²) in [5, 5.41) is 2.65. The summed E-state index contributed by atoms with van der Waals surface area (Å²) in [5.41, 5.74) is -0.0778. The second-order valence-electron chi connectivity index (χ2n) is 13.8. The van der Waals surface area contributed by atoms with Crippen molar-refractivity contribution >= 4 is 49.9 Å². The number of hydrogen-bond donors (Lipinski definition) is 1. The predicted molar refractivity (Wildman–Crippen MR) is 183 cm³/mol. The average Bonchev–Trinajstić information content (AvgIpc) is 3.23. The molecule has 0 radical (unpaired) electrons. The van der Waals surface area contributed by atoms with E-state index in [1.807, 2.05) is 12.3 Å². The highest BCUT2D eigenvalue weighted by Crippen LogP contribution is 2.43. The van der Waals surface area contributed by atoms with E-state index in [2.05, 4.69) is 78.0 Å². The largest absolute Gasteiger partial charge is 0.414 e. The molecule has 1 aliphatic rings. The van der Waals surface area contributed by atoms with E-state index in [1.54, 1.807) is 58.1 Å². The molecule has 0 bridgehead atoms. The number of ether oxygens (including phenoxy) is 2. The quantitative estimate of drug-likeness (QED) is 0.109. The van der Waals surface area contributed by atoms with Gasteiger partial charge in [0.25, 0.3) is 5.91 Å². The summed E-state index contributed by atoms with van der Waals surface area (Å²) in [7, 11) is -1.22. The Kier molecular flexibility index (Phi) is 12.0. The molecule has 2 heterocycles. The molecule has 9 nitrogen and oxygen atoms in total. The van der Waals surface area contributed by atoms with Crippen LogP contribution in [0.25, 0.3) is 0 Å².